The Morgan fingerprint density at radius 2 is 1.76 bits per heavy atom. The Balaban J connectivity index is 1.09. The molecule has 0 radical (unpaired) electrons. The fourth-order valence-corrected chi connectivity index (χ4v) is 6.24. The van der Waals surface area contributed by atoms with Crippen molar-refractivity contribution in [2.75, 3.05) is 33.3 Å². The van der Waals surface area contributed by atoms with Gasteiger partial charge in [-0.3, -0.25) is 24.3 Å². The molecule has 3 aromatic rings. The smallest absolute Gasteiger partial charge is 0.272 e. The molecular formula is C31H35FN4O4S. The van der Waals surface area contributed by atoms with Crippen LogP contribution in [0.25, 0.3) is 0 Å². The van der Waals surface area contributed by atoms with Crippen LogP contribution in [-0.2, 0) is 6.54 Å². The molecule has 2 aliphatic rings. The first-order valence-electron chi connectivity index (χ1n) is 14.0. The van der Waals surface area contributed by atoms with Crippen molar-refractivity contribution in [3.63, 3.8) is 0 Å². The van der Waals surface area contributed by atoms with E-state index in [4.69, 9.17) is 4.74 Å². The quantitative estimate of drug-likeness (QED) is 0.329. The molecule has 0 aliphatic carbocycles. The summed E-state index contributed by atoms with van der Waals surface area (Å²) in [5, 5.41) is 3.01. The van der Waals surface area contributed by atoms with Gasteiger partial charge in [-0.1, -0.05) is 0 Å². The zero-order chi connectivity index (χ0) is 28.9. The molecule has 2 aromatic heterocycles. The molecule has 4 heterocycles. The number of rotatable bonds is 9. The fourth-order valence-electron chi connectivity index (χ4n) is 5.64. The van der Waals surface area contributed by atoms with E-state index in [1.54, 1.807) is 59.7 Å². The number of aryl methyl sites for hydroxylation is 1. The zero-order valence-corrected chi connectivity index (χ0v) is 24.2. The summed E-state index contributed by atoms with van der Waals surface area (Å²) in [6.07, 6.45) is 2.23. The highest BCUT2D eigenvalue weighted by atomic mass is 32.1. The van der Waals surface area contributed by atoms with Crippen molar-refractivity contribution in [1.82, 2.24) is 19.8 Å². The average molecular weight is 579 g/mol. The fraction of sp³-hybridized carbons (Fsp3) is 0.452. The summed E-state index contributed by atoms with van der Waals surface area (Å²) in [6.45, 7) is 4.53. The van der Waals surface area contributed by atoms with Crippen LogP contribution in [0.2, 0.25) is 0 Å². The van der Waals surface area contributed by atoms with Gasteiger partial charge >= 0.3 is 0 Å². The number of pyridine rings is 1. The Hall–Kier alpha value is -3.50. The van der Waals surface area contributed by atoms with Crippen molar-refractivity contribution in [3.8, 4) is 5.75 Å². The Kier molecular flexibility index (Phi) is 9.19. The van der Waals surface area contributed by atoms with Gasteiger partial charge in [0, 0.05) is 61.2 Å². The first-order valence-corrected chi connectivity index (χ1v) is 14.9. The van der Waals surface area contributed by atoms with Gasteiger partial charge in [-0.15, -0.1) is 11.3 Å². The van der Waals surface area contributed by atoms with Crippen molar-refractivity contribution >= 4 is 28.8 Å². The number of carbonyl (C=O) groups is 3. The van der Waals surface area contributed by atoms with Crippen LogP contribution in [0.4, 0.5) is 4.39 Å². The average Bonchev–Trinajstić information content (AvgIpc) is 3.42. The lowest BCUT2D eigenvalue weighted by atomic mass is 9.88. The number of methoxy groups -OCH3 is 1. The molecule has 2 atom stereocenters. The van der Waals surface area contributed by atoms with E-state index in [1.807, 2.05) is 12.3 Å². The van der Waals surface area contributed by atoms with Crippen LogP contribution in [-0.4, -0.2) is 76.7 Å². The summed E-state index contributed by atoms with van der Waals surface area (Å²) in [4.78, 5) is 51.3. The highest BCUT2D eigenvalue weighted by molar-refractivity contribution is 7.09. The number of hydrogen-bond donors (Lipinski definition) is 0. The largest absolute Gasteiger partial charge is 0.497 e. The molecular weight excluding hydrogens is 543 g/mol. The van der Waals surface area contributed by atoms with Crippen molar-refractivity contribution in [2.45, 2.75) is 45.3 Å². The van der Waals surface area contributed by atoms with E-state index in [2.05, 4.69) is 14.9 Å². The van der Waals surface area contributed by atoms with Crippen LogP contribution in [0.1, 0.15) is 67.6 Å². The molecule has 0 bridgehead atoms. The molecule has 0 N–H and O–H groups in total. The number of thiazole rings is 1. The number of aromatic nitrogens is 2. The number of alkyl halides is 1. The minimum Gasteiger partial charge on any atom is -0.497 e. The van der Waals surface area contributed by atoms with Gasteiger partial charge in [0.05, 0.1) is 17.8 Å². The van der Waals surface area contributed by atoms with Gasteiger partial charge in [-0.25, -0.2) is 9.37 Å². The maximum atomic E-state index is 15.0. The Labute approximate surface area is 243 Å². The summed E-state index contributed by atoms with van der Waals surface area (Å²) < 4.78 is 20.1. The van der Waals surface area contributed by atoms with E-state index in [1.165, 1.54) is 6.20 Å². The number of halogens is 1. The molecule has 1 amide bonds. The number of likely N-dealkylation sites (tertiary alicyclic amines) is 2. The van der Waals surface area contributed by atoms with Crippen molar-refractivity contribution in [1.29, 1.82) is 0 Å². The predicted octanol–water partition coefficient (Wildman–Crippen LogP) is 5.02. The molecule has 8 nitrogen and oxygen atoms in total. The number of nitrogens with zero attached hydrogens (tertiary/aromatic N) is 4. The Bertz CT molecular complexity index is 1370. The number of hydrogen-bond acceptors (Lipinski definition) is 8. The Morgan fingerprint density at radius 1 is 1.02 bits per heavy atom. The Morgan fingerprint density at radius 3 is 2.37 bits per heavy atom. The summed E-state index contributed by atoms with van der Waals surface area (Å²) >= 11 is 1.59. The lowest BCUT2D eigenvalue weighted by molar-refractivity contribution is 0.0644. The first kappa shape index (κ1) is 29.0. The van der Waals surface area contributed by atoms with Gasteiger partial charge in [0.15, 0.2) is 11.6 Å². The van der Waals surface area contributed by atoms with Crippen LogP contribution < -0.4 is 4.74 Å². The highest BCUT2D eigenvalue weighted by Crippen LogP contribution is 2.27. The normalized spacial score (nSPS) is 20.1. The predicted molar refractivity (Wildman–Crippen MR) is 154 cm³/mol. The van der Waals surface area contributed by atoms with E-state index >= 15 is 0 Å². The molecule has 2 aliphatic heterocycles. The van der Waals surface area contributed by atoms with Crippen molar-refractivity contribution in [3.05, 3.63) is 75.5 Å². The van der Waals surface area contributed by atoms with E-state index < -0.39 is 6.17 Å². The highest BCUT2D eigenvalue weighted by Gasteiger charge is 2.32. The number of ether oxygens (including phenoxy) is 1. The van der Waals surface area contributed by atoms with E-state index in [0.717, 1.165) is 17.2 Å². The third-order valence-electron chi connectivity index (χ3n) is 8.09. The maximum Gasteiger partial charge on any atom is 0.272 e. The van der Waals surface area contributed by atoms with E-state index in [-0.39, 0.29) is 41.4 Å². The topological polar surface area (TPSA) is 92.7 Å². The summed E-state index contributed by atoms with van der Waals surface area (Å²) in [6, 6.07) is 10.3. The van der Waals surface area contributed by atoms with Crippen LogP contribution in [0.5, 0.6) is 5.75 Å². The molecule has 0 spiro atoms. The van der Waals surface area contributed by atoms with E-state index in [9.17, 15) is 18.8 Å². The summed E-state index contributed by atoms with van der Waals surface area (Å²) in [7, 11) is 1.58. The van der Waals surface area contributed by atoms with Gasteiger partial charge in [-0.2, -0.15) is 0 Å². The van der Waals surface area contributed by atoms with Gasteiger partial charge in [0.25, 0.3) is 5.91 Å². The number of benzene rings is 1. The lowest BCUT2D eigenvalue weighted by Crippen LogP contribution is -2.42. The first-order chi connectivity index (χ1) is 19.8. The van der Waals surface area contributed by atoms with Crippen LogP contribution in [0.3, 0.4) is 0 Å². The lowest BCUT2D eigenvalue weighted by Gasteiger charge is -2.34. The SMILES string of the molecule is COc1ccc(C(=O)C2CCN(C(=O)c3ccc(C(=O)C[C@@H]4CCN(Cc5csc(C)n5)C[C@@H]4F)cn3)CC2)cc1. The zero-order valence-electron chi connectivity index (χ0n) is 23.4. The van der Waals surface area contributed by atoms with E-state index in [0.29, 0.717) is 62.3 Å². The molecule has 0 unspecified atom stereocenters. The molecule has 2 saturated heterocycles. The third kappa shape index (κ3) is 7.05. The summed E-state index contributed by atoms with van der Waals surface area (Å²) in [5.41, 5.74) is 2.25. The minimum atomic E-state index is -1.08. The molecule has 41 heavy (non-hydrogen) atoms. The molecule has 1 aromatic carbocycles. The number of amides is 1. The molecule has 2 fully saturated rings. The standard InChI is InChI=1S/C31H35FN4O4S/c1-20-34-25(19-41-20)17-35-12-9-23(27(32)18-35)15-29(37)24-5-8-28(33-16-24)31(39)36-13-10-22(11-14-36)30(38)21-3-6-26(40-2)7-4-21/h3-8,16,19,22-23,27H,9-15,17-18H2,1-2H3/t23-,27-/m0/s1. The van der Waals surface area contributed by atoms with Crippen LogP contribution in [0, 0.1) is 18.8 Å². The second-order valence-electron chi connectivity index (χ2n) is 10.9. The van der Waals surface area contributed by atoms with Gasteiger partial charge < -0.3 is 9.64 Å². The van der Waals surface area contributed by atoms with Crippen molar-refractivity contribution < 1.29 is 23.5 Å². The van der Waals surface area contributed by atoms with Gasteiger partial charge in [0.2, 0.25) is 0 Å². The number of carbonyl (C=O) groups excluding carboxylic acids is 3. The molecule has 0 saturated carbocycles. The molecule has 216 valence electrons. The van der Waals surface area contributed by atoms with Gasteiger partial charge in [0.1, 0.15) is 17.6 Å². The second-order valence-corrected chi connectivity index (χ2v) is 11.9. The molecule has 5 rings (SSSR count). The second kappa shape index (κ2) is 13.0. The number of piperidine rings is 2. The maximum absolute atomic E-state index is 15.0. The summed E-state index contributed by atoms with van der Waals surface area (Å²) in [5.74, 6) is -0.0669. The van der Waals surface area contributed by atoms with Crippen LogP contribution >= 0.6 is 11.3 Å². The third-order valence-corrected chi connectivity index (χ3v) is 8.91. The van der Waals surface area contributed by atoms with Gasteiger partial charge in [-0.05, 0) is 75.0 Å². The monoisotopic (exact) mass is 578 g/mol. The number of ketones is 2. The molecule has 10 heteroatoms. The van der Waals surface area contributed by atoms with Crippen molar-refractivity contribution in [2.24, 2.45) is 11.8 Å². The van der Waals surface area contributed by atoms with Crippen LogP contribution in [0.15, 0.2) is 48.0 Å². The number of Topliss-reactive ketones (excluding diaryl/α,β-unsaturated/α-hetero) is 2. The minimum absolute atomic E-state index is 0.0801.